The zero-order chi connectivity index (χ0) is 17.3. The second-order valence-corrected chi connectivity index (χ2v) is 5.59. The summed E-state index contributed by atoms with van der Waals surface area (Å²) in [4.78, 5) is 24.4. The summed E-state index contributed by atoms with van der Waals surface area (Å²) >= 11 is 0. The second-order valence-electron chi connectivity index (χ2n) is 5.59. The molecule has 124 valence electrons. The molecule has 0 fully saturated rings. The van der Waals surface area contributed by atoms with Crippen LogP contribution in [0.15, 0.2) is 12.3 Å². The van der Waals surface area contributed by atoms with Crippen LogP contribution in [0.4, 0.5) is 5.82 Å². The van der Waals surface area contributed by atoms with E-state index in [4.69, 9.17) is 0 Å². The van der Waals surface area contributed by atoms with E-state index in [9.17, 15) is 14.9 Å². The van der Waals surface area contributed by atoms with E-state index in [0.29, 0.717) is 12.2 Å². The molecule has 0 saturated heterocycles. The number of aromatic nitrogens is 4. The number of likely N-dealkylation sites (N-methyl/N-ethyl adjacent to an activating group) is 1. The SMILES string of the molecule is Cc1c(CN(C)C(=O)C(C)n2nc([N+](=O)[O-])cc2C)cnn1C. The molecule has 1 amide bonds. The maximum absolute atomic E-state index is 12.6. The molecular weight excluding hydrogens is 300 g/mol. The Balaban J connectivity index is 2.15. The number of hydrogen-bond acceptors (Lipinski definition) is 5. The van der Waals surface area contributed by atoms with Crippen molar-refractivity contribution in [2.24, 2.45) is 7.05 Å². The van der Waals surface area contributed by atoms with Crippen molar-refractivity contribution in [3.8, 4) is 0 Å². The largest absolute Gasteiger partial charge is 0.390 e. The Morgan fingerprint density at radius 1 is 1.48 bits per heavy atom. The standard InChI is InChI=1S/C14H20N6O3/c1-9-6-13(20(22)23)16-19(9)11(3)14(21)17(4)8-12-7-15-18(5)10(12)2/h6-7,11H,8H2,1-5H3. The molecule has 1 unspecified atom stereocenters. The van der Waals surface area contributed by atoms with Gasteiger partial charge in [0, 0.05) is 31.9 Å². The first-order valence-electron chi connectivity index (χ1n) is 7.15. The number of rotatable bonds is 5. The molecule has 0 spiro atoms. The number of hydrogen-bond donors (Lipinski definition) is 0. The Morgan fingerprint density at radius 3 is 2.61 bits per heavy atom. The van der Waals surface area contributed by atoms with Crippen LogP contribution in [0.25, 0.3) is 0 Å². The van der Waals surface area contributed by atoms with Gasteiger partial charge in [0.15, 0.2) is 0 Å². The minimum atomic E-state index is -0.620. The third kappa shape index (κ3) is 3.22. The lowest BCUT2D eigenvalue weighted by molar-refractivity contribution is -0.389. The summed E-state index contributed by atoms with van der Waals surface area (Å²) in [7, 11) is 3.54. The Labute approximate surface area is 133 Å². The number of amides is 1. The van der Waals surface area contributed by atoms with Crippen molar-refractivity contribution in [2.75, 3.05) is 7.05 Å². The van der Waals surface area contributed by atoms with Crippen molar-refractivity contribution in [3.05, 3.63) is 39.3 Å². The van der Waals surface area contributed by atoms with E-state index in [1.54, 1.807) is 36.7 Å². The summed E-state index contributed by atoms with van der Waals surface area (Å²) in [6, 6.07) is 0.736. The highest BCUT2D eigenvalue weighted by atomic mass is 16.6. The van der Waals surface area contributed by atoms with E-state index in [-0.39, 0.29) is 11.7 Å². The molecule has 0 bridgehead atoms. The zero-order valence-electron chi connectivity index (χ0n) is 13.8. The molecule has 2 aromatic heterocycles. The van der Waals surface area contributed by atoms with Crippen LogP contribution in [0, 0.1) is 24.0 Å². The predicted octanol–water partition coefficient (Wildman–Crippen LogP) is 1.36. The van der Waals surface area contributed by atoms with E-state index < -0.39 is 11.0 Å². The van der Waals surface area contributed by atoms with Gasteiger partial charge >= 0.3 is 5.82 Å². The molecule has 1 atom stereocenters. The summed E-state index contributed by atoms with van der Waals surface area (Å²) in [5.74, 6) is -0.428. The van der Waals surface area contributed by atoms with Gasteiger partial charge in [-0.25, -0.2) is 0 Å². The highest BCUT2D eigenvalue weighted by molar-refractivity contribution is 5.79. The maximum atomic E-state index is 12.6. The van der Waals surface area contributed by atoms with Gasteiger partial charge in [-0.05, 0) is 25.7 Å². The fraction of sp³-hybridized carbons (Fsp3) is 0.500. The number of aryl methyl sites for hydroxylation is 2. The molecule has 0 aliphatic heterocycles. The molecule has 2 aromatic rings. The van der Waals surface area contributed by atoms with E-state index in [1.165, 1.54) is 10.7 Å². The predicted molar refractivity (Wildman–Crippen MR) is 82.7 cm³/mol. The Bertz CT molecular complexity index is 748. The fourth-order valence-corrected chi connectivity index (χ4v) is 2.41. The van der Waals surface area contributed by atoms with Crippen molar-refractivity contribution in [2.45, 2.75) is 33.4 Å². The van der Waals surface area contributed by atoms with Gasteiger partial charge in [0.2, 0.25) is 5.91 Å². The van der Waals surface area contributed by atoms with Crippen LogP contribution >= 0.6 is 0 Å². The van der Waals surface area contributed by atoms with Crippen LogP contribution in [0.5, 0.6) is 0 Å². The van der Waals surface area contributed by atoms with Gasteiger partial charge in [0.1, 0.15) is 6.04 Å². The van der Waals surface area contributed by atoms with Crippen LogP contribution in [0.3, 0.4) is 0 Å². The van der Waals surface area contributed by atoms with Gasteiger partial charge in [-0.1, -0.05) is 0 Å². The monoisotopic (exact) mass is 320 g/mol. The van der Waals surface area contributed by atoms with Gasteiger partial charge in [-0.2, -0.15) is 9.78 Å². The topological polar surface area (TPSA) is 99.1 Å². The summed E-state index contributed by atoms with van der Waals surface area (Å²) in [5, 5.41) is 18.8. The first-order chi connectivity index (χ1) is 10.7. The van der Waals surface area contributed by atoms with Crippen molar-refractivity contribution >= 4 is 11.7 Å². The Morgan fingerprint density at radius 2 is 2.13 bits per heavy atom. The molecule has 0 saturated carbocycles. The summed E-state index contributed by atoms with van der Waals surface area (Å²) in [6.07, 6.45) is 1.73. The van der Waals surface area contributed by atoms with Crippen molar-refractivity contribution in [1.82, 2.24) is 24.5 Å². The van der Waals surface area contributed by atoms with Crippen molar-refractivity contribution < 1.29 is 9.72 Å². The van der Waals surface area contributed by atoms with Crippen LogP contribution < -0.4 is 0 Å². The van der Waals surface area contributed by atoms with Crippen molar-refractivity contribution in [3.63, 3.8) is 0 Å². The maximum Gasteiger partial charge on any atom is 0.390 e. The van der Waals surface area contributed by atoms with Gasteiger partial charge in [-0.3, -0.25) is 9.48 Å². The van der Waals surface area contributed by atoms with Crippen LogP contribution in [0.1, 0.15) is 29.9 Å². The van der Waals surface area contributed by atoms with Gasteiger partial charge < -0.3 is 15.0 Å². The molecule has 0 aromatic carbocycles. The molecule has 0 aliphatic rings. The fourth-order valence-electron chi connectivity index (χ4n) is 2.41. The minimum absolute atomic E-state index is 0.172. The highest BCUT2D eigenvalue weighted by Gasteiger charge is 2.27. The lowest BCUT2D eigenvalue weighted by atomic mass is 10.2. The average molecular weight is 320 g/mol. The number of carbonyl (C=O) groups is 1. The molecule has 9 nitrogen and oxygen atoms in total. The van der Waals surface area contributed by atoms with Crippen molar-refractivity contribution in [1.29, 1.82) is 0 Å². The van der Waals surface area contributed by atoms with Gasteiger partial charge in [0.05, 0.1) is 23.1 Å². The average Bonchev–Trinajstić information content (AvgIpc) is 3.03. The van der Waals surface area contributed by atoms with Crippen LogP contribution in [0.2, 0.25) is 0 Å². The first-order valence-corrected chi connectivity index (χ1v) is 7.15. The molecule has 0 radical (unpaired) electrons. The molecule has 23 heavy (non-hydrogen) atoms. The number of nitro groups is 1. The third-order valence-electron chi connectivity index (χ3n) is 3.94. The van der Waals surface area contributed by atoms with Crippen LogP contribution in [-0.2, 0) is 18.4 Å². The lowest BCUT2D eigenvalue weighted by Crippen LogP contribution is -2.33. The molecule has 2 heterocycles. The molecule has 9 heteroatoms. The van der Waals surface area contributed by atoms with Gasteiger partial charge in [-0.15, -0.1) is 0 Å². The van der Waals surface area contributed by atoms with E-state index >= 15 is 0 Å². The summed E-state index contributed by atoms with van der Waals surface area (Å²) in [5.41, 5.74) is 2.52. The smallest absolute Gasteiger partial charge is 0.358 e. The molecular formula is C14H20N6O3. The Kier molecular flexibility index (Phi) is 4.48. The van der Waals surface area contributed by atoms with E-state index in [0.717, 1.165) is 11.3 Å². The quantitative estimate of drug-likeness (QED) is 0.612. The van der Waals surface area contributed by atoms with E-state index in [1.807, 2.05) is 14.0 Å². The second kappa shape index (κ2) is 6.19. The molecule has 2 rings (SSSR count). The lowest BCUT2D eigenvalue weighted by Gasteiger charge is -2.20. The first kappa shape index (κ1) is 16.7. The molecule has 0 aliphatic carbocycles. The number of nitrogens with zero attached hydrogens (tertiary/aromatic N) is 6. The van der Waals surface area contributed by atoms with Crippen LogP contribution in [-0.4, -0.2) is 42.3 Å². The van der Waals surface area contributed by atoms with E-state index in [2.05, 4.69) is 10.2 Å². The summed E-state index contributed by atoms with van der Waals surface area (Å²) in [6.45, 7) is 5.73. The Hall–Kier alpha value is -2.71. The minimum Gasteiger partial charge on any atom is -0.358 e. The number of carbonyl (C=O) groups excluding carboxylic acids is 1. The third-order valence-corrected chi connectivity index (χ3v) is 3.94. The highest BCUT2D eigenvalue weighted by Crippen LogP contribution is 2.18. The normalized spacial score (nSPS) is 12.2. The van der Waals surface area contributed by atoms with Gasteiger partial charge in [0.25, 0.3) is 0 Å². The zero-order valence-corrected chi connectivity index (χ0v) is 13.8. The summed E-state index contributed by atoms with van der Waals surface area (Å²) < 4.78 is 3.13. The molecule has 0 N–H and O–H groups in total.